The Kier molecular flexibility index (Phi) is 8.37. The van der Waals surface area contributed by atoms with Crippen LogP contribution in [-0.4, -0.2) is 13.1 Å². The van der Waals surface area contributed by atoms with E-state index in [4.69, 9.17) is 11.5 Å². The van der Waals surface area contributed by atoms with Gasteiger partial charge in [-0.2, -0.15) is 0 Å². The lowest BCUT2D eigenvalue weighted by Gasteiger charge is -1.93. The van der Waals surface area contributed by atoms with E-state index in [0.717, 1.165) is 19.4 Å². The smallest absolute Gasteiger partial charge is 0.0106 e. The van der Waals surface area contributed by atoms with Crippen molar-refractivity contribution in [3.8, 4) is 0 Å². The summed E-state index contributed by atoms with van der Waals surface area (Å²) in [6.45, 7) is 1.48. The minimum atomic E-state index is 0.664. The normalized spacial score (nSPS) is 11.0. The number of rotatable bonds is 6. The van der Waals surface area contributed by atoms with Crippen LogP contribution in [0.2, 0.25) is 0 Å². The molecule has 0 amide bonds. The first-order valence-electron chi connectivity index (χ1n) is 3.97. The molecule has 0 aromatic carbocycles. The van der Waals surface area contributed by atoms with Gasteiger partial charge in [0, 0.05) is 6.54 Å². The number of hydrogen-bond donors (Lipinski definition) is 2. The van der Waals surface area contributed by atoms with E-state index in [1.165, 1.54) is 12.8 Å². The molecule has 0 aromatic rings. The quantitative estimate of drug-likeness (QED) is 0.430. The molecule has 0 unspecified atom stereocenters. The summed E-state index contributed by atoms with van der Waals surface area (Å²) in [7, 11) is 0. The highest BCUT2D eigenvalue weighted by Gasteiger charge is 1.82. The topological polar surface area (TPSA) is 52.0 Å². The van der Waals surface area contributed by atoms with Crippen molar-refractivity contribution in [1.82, 2.24) is 0 Å². The van der Waals surface area contributed by atoms with Crippen molar-refractivity contribution >= 4 is 0 Å². The average molecular weight is 142 g/mol. The fourth-order valence-electron chi connectivity index (χ4n) is 0.797. The van der Waals surface area contributed by atoms with Crippen LogP contribution >= 0.6 is 0 Å². The zero-order valence-electron chi connectivity index (χ0n) is 6.55. The lowest BCUT2D eigenvalue weighted by Crippen LogP contribution is -1.97. The molecule has 2 nitrogen and oxygen atoms in total. The monoisotopic (exact) mass is 142 g/mol. The Balaban J connectivity index is 2.83. The van der Waals surface area contributed by atoms with E-state index in [0.29, 0.717) is 6.54 Å². The van der Waals surface area contributed by atoms with Crippen LogP contribution in [0.3, 0.4) is 0 Å². The minimum Gasteiger partial charge on any atom is -0.330 e. The van der Waals surface area contributed by atoms with Crippen LogP contribution in [0.4, 0.5) is 0 Å². The van der Waals surface area contributed by atoms with Crippen molar-refractivity contribution in [3.05, 3.63) is 12.2 Å². The summed E-state index contributed by atoms with van der Waals surface area (Å²) in [5, 5.41) is 0. The molecule has 10 heavy (non-hydrogen) atoms. The van der Waals surface area contributed by atoms with Gasteiger partial charge in [-0.3, -0.25) is 0 Å². The number of nitrogens with two attached hydrogens (primary N) is 2. The first-order chi connectivity index (χ1) is 4.91. The van der Waals surface area contributed by atoms with Crippen LogP contribution in [-0.2, 0) is 0 Å². The summed E-state index contributed by atoms with van der Waals surface area (Å²) in [4.78, 5) is 0. The van der Waals surface area contributed by atoms with E-state index in [1.54, 1.807) is 0 Å². The molecule has 2 heteroatoms. The van der Waals surface area contributed by atoms with Crippen molar-refractivity contribution in [1.29, 1.82) is 0 Å². The van der Waals surface area contributed by atoms with Crippen molar-refractivity contribution in [3.63, 3.8) is 0 Å². The second-order valence-corrected chi connectivity index (χ2v) is 2.35. The van der Waals surface area contributed by atoms with Crippen LogP contribution in [0.25, 0.3) is 0 Å². The van der Waals surface area contributed by atoms with Gasteiger partial charge in [-0.05, 0) is 25.8 Å². The maximum atomic E-state index is 5.33. The van der Waals surface area contributed by atoms with Gasteiger partial charge in [-0.1, -0.05) is 18.6 Å². The van der Waals surface area contributed by atoms with Crippen LogP contribution in [0.5, 0.6) is 0 Å². The molecule has 0 aliphatic heterocycles. The molecular weight excluding hydrogens is 124 g/mol. The fraction of sp³-hybridized carbons (Fsp3) is 0.750. The van der Waals surface area contributed by atoms with E-state index < -0.39 is 0 Å². The first-order valence-corrected chi connectivity index (χ1v) is 3.97. The third-order valence-electron chi connectivity index (χ3n) is 1.38. The van der Waals surface area contributed by atoms with Crippen LogP contribution in [0, 0.1) is 0 Å². The molecule has 60 valence electrons. The van der Waals surface area contributed by atoms with Crippen molar-refractivity contribution in [2.24, 2.45) is 11.5 Å². The largest absolute Gasteiger partial charge is 0.330 e. The van der Waals surface area contributed by atoms with Crippen molar-refractivity contribution in [2.45, 2.75) is 25.7 Å². The molecule has 0 aromatic heterocycles. The van der Waals surface area contributed by atoms with Crippen molar-refractivity contribution < 1.29 is 0 Å². The Labute approximate surface area is 63.3 Å². The molecule has 0 rings (SSSR count). The first kappa shape index (κ1) is 9.66. The van der Waals surface area contributed by atoms with E-state index >= 15 is 0 Å². The Hall–Kier alpha value is -0.340. The number of unbranched alkanes of at least 4 members (excludes halogenated alkanes) is 3. The number of allylic oxidation sites excluding steroid dienone is 1. The van der Waals surface area contributed by atoms with Gasteiger partial charge in [0.1, 0.15) is 0 Å². The van der Waals surface area contributed by atoms with Gasteiger partial charge in [-0.15, -0.1) is 0 Å². The molecule has 0 heterocycles. The fourth-order valence-corrected chi connectivity index (χ4v) is 0.797. The van der Waals surface area contributed by atoms with Crippen LogP contribution in [0.15, 0.2) is 12.2 Å². The lowest BCUT2D eigenvalue weighted by atomic mass is 10.2. The molecule has 0 radical (unpaired) electrons. The van der Waals surface area contributed by atoms with Crippen molar-refractivity contribution in [2.75, 3.05) is 13.1 Å². The van der Waals surface area contributed by atoms with Gasteiger partial charge in [0.05, 0.1) is 0 Å². The summed E-state index contributed by atoms with van der Waals surface area (Å²) in [5.74, 6) is 0. The third-order valence-corrected chi connectivity index (χ3v) is 1.38. The standard InChI is InChI=1S/C8H18N2/c9-7-5-3-1-2-4-6-8-10/h3,5H,1-2,4,6-10H2/b5-3+. The highest BCUT2D eigenvalue weighted by atomic mass is 14.5. The van der Waals surface area contributed by atoms with Gasteiger partial charge in [0.2, 0.25) is 0 Å². The van der Waals surface area contributed by atoms with Gasteiger partial charge >= 0.3 is 0 Å². The van der Waals surface area contributed by atoms with E-state index in [-0.39, 0.29) is 0 Å². The van der Waals surface area contributed by atoms with E-state index in [1.807, 2.05) is 6.08 Å². The Morgan fingerprint density at radius 3 is 2.30 bits per heavy atom. The maximum Gasteiger partial charge on any atom is 0.0106 e. The molecule has 0 spiro atoms. The van der Waals surface area contributed by atoms with Gasteiger partial charge < -0.3 is 11.5 Å². The molecule has 0 saturated heterocycles. The third kappa shape index (κ3) is 7.66. The Bertz CT molecular complexity index is 79.3. The Morgan fingerprint density at radius 2 is 1.70 bits per heavy atom. The zero-order chi connectivity index (χ0) is 7.66. The summed E-state index contributed by atoms with van der Waals surface area (Å²) in [6, 6.07) is 0. The second kappa shape index (κ2) is 8.66. The molecule has 0 fully saturated rings. The van der Waals surface area contributed by atoms with E-state index in [9.17, 15) is 0 Å². The molecule has 0 atom stereocenters. The summed E-state index contributed by atoms with van der Waals surface area (Å²) in [6.07, 6.45) is 8.92. The second-order valence-electron chi connectivity index (χ2n) is 2.35. The molecule has 0 aliphatic carbocycles. The highest BCUT2D eigenvalue weighted by molar-refractivity contribution is 4.81. The van der Waals surface area contributed by atoms with Gasteiger partial charge in [0.25, 0.3) is 0 Å². The molecule has 4 N–H and O–H groups in total. The van der Waals surface area contributed by atoms with Gasteiger partial charge in [0.15, 0.2) is 0 Å². The predicted molar refractivity (Wildman–Crippen MR) is 45.7 cm³/mol. The summed E-state index contributed by atoms with van der Waals surface area (Å²) in [5.41, 5.74) is 10.6. The maximum absolute atomic E-state index is 5.33. The molecular formula is C8H18N2. The Morgan fingerprint density at radius 1 is 0.900 bits per heavy atom. The zero-order valence-corrected chi connectivity index (χ0v) is 6.55. The van der Waals surface area contributed by atoms with Crippen LogP contribution in [0.1, 0.15) is 25.7 Å². The average Bonchev–Trinajstić information content (AvgIpc) is 1.97. The molecule has 0 bridgehead atoms. The highest BCUT2D eigenvalue weighted by Crippen LogP contribution is 1.98. The molecule has 0 aliphatic rings. The van der Waals surface area contributed by atoms with E-state index in [2.05, 4.69) is 6.08 Å². The number of hydrogen-bond acceptors (Lipinski definition) is 2. The molecule has 0 saturated carbocycles. The van der Waals surface area contributed by atoms with Crippen LogP contribution < -0.4 is 11.5 Å². The lowest BCUT2D eigenvalue weighted by molar-refractivity contribution is 0.695. The summed E-state index contributed by atoms with van der Waals surface area (Å²) >= 11 is 0. The van der Waals surface area contributed by atoms with Gasteiger partial charge in [-0.25, -0.2) is 0 Å². The predicted octanol–water partition coefficient (Wildman–Crippen LogP) is 1.02. The summed E-state index contributed by atoms with van der Waals surface area (Å²) < 4.78 is 0. The minimum absolute atomic E-state index is 0.664. The SMILES string of the molecule is NC/C=C/CCCCCN.